The average molecular weight is 2110 g/mol. The molecular weight excluding hydrogens is 2020 g/mol. The molecule has 0 bridgehead atoms. The van der Waals surface area contributed by atoms with Gasteiger partial charge in [-0.05, 0) is 19.1 Å². The van der Waals surface area contributed by atoms with Crippen molar-refractivity contribution >= 4 is 127 Å². The number of imidazole rings is 4. The molecule has 762 valence electrons. The summed E-state index contributed by atoms with van der Waals surface area (Å²) in [4.78, 5) is 191. The Bertz CT molecular complexity index is 7180. The van der Waals surface area contributed by atoms with Gasteiger partial charge in [-0.1, -0.05) is 0 Å². The first-order valence-electron chi connectivity index (χ1n) is 41.9. The number of nitrogens with zero attached hydrogens (tertiary/aromatic N) is 20. The normalized spacial score (nSPS) is 30.2. The first kappa shape index (κ1) is 101. The number of aromatic nitrogens is 22. The Morgan fingerprint density at radius 2 is 0.681 bits per heavy atom. The monoisotopic (exact) mass is 2100 g/mol. The van der Waals surface area contributed by atoms with Crippen molar-refractivity contribution < 1.29 is 160 Å². The van der Waals surface area contributed by atoms with Gasteiger partial charge in [-0.25, -0.2) is 91.6 Å². The van der Waals surface area contributed by atoms with Crippen molar-refractivity contribution in [3.63, 3.8) is 0 Å². The second kappa shape index (κ2) is 39.9. The van der Waals surface area contributed by atoms with Gasteiger partial charge in [-0.15, -0.1) is 0 Å². The zero-order chi connectivity index (χ0) is 100. The minimum Gasteiger partial charge on any atom is -0.394 e. The largest absolute Gasteiger partial charge is 0.472 e. The molecule has 0 spiro atoms. The highest BCUT2D eigenvalue weighted by Gasteiger charge is 2.54. The van der Waals surface area contributed by atoms with Gasteiger partial charge in [0.05, 0.1) is 71.6 Å². The van der Waals surface area contributed by atoms with Crippen molar-refractivity contribution in [1.82, 2.24) is 107 Å². The molecule has 0 aromatic carbocycles. The summed E-state index contributed by atoms with van der Waals surface area (Å²) in [6, 6.07) is 2.48. The number of H-pyrrole nitrogens is 2. The van der Waals surface area contributed by atoms with E-state index in [9.17, 15) is 96.0 Å². The zero-order valence-corrected chi connectivity index (χ0v) is 77.6. The highest BCUT2D eigenvalue weighted by molar-refractivity contribution is 7.48. The topological polar surface area (TPSA) is 935 Å². The lowest BCUT2D eigenvalue weighted by atomic mass is 10.1. The Morgan fingerprint density at radius 3 is 1.04 bits per heavy atom. The number of aromatic amines is 2. The third kappa shape index (κ3) is 22.0. The van der Waals surface area contributed by atoms with E-state index in [-0.39, 0.29) is 85.7 Å². The van der Waals surface area contributed by atoms with Gasteiger partial charge in [-0.2, -0.15) is 15.0 Å². The number of phosphoric acid groups is 6. The van der Waals surface area contributed by atoms with Gasteiger partial charge in [0, 0.05) is 62.7 Å². The number of hydrogen-bond acceptors (Lipinski definition) is 52. The first-order chi connectivity index (χ1) is 66.9. The molecule has 0 radical (unpaired) electrons. The second-order valence-corrected chi connectivity index (χ2v) is 40.9. The number of anilines is 6. The van der Waals surface area contributed by atoms with Crippen LogP contribution in [0.3, 0.4) is 0 Å². The molecule has 6 unspecified atom stereocenters. The van der Waals surface area contributed by atoms with Gasteiger partial charge in [-0.3, -0.25) is 106 Å². The van der Waals surface area contributed by atoms with E-state index in [0.717, 1.165) is 56.0 Å². The molecule has 18 rings (SSSR count). The smallest absolute Gasteiger partial charge is 0.394 e. The standard InChI is InChI=1S/C68H86N28O39P6/c1-27-12-92(68(104)89-62(27)100)45-8-30(132-137(107,108)120-17-38-32(10-47(127-38)94-24-82-50-56(72)76-21-79-59(50)94)133-138(109,110)118-14-35-29(7-44(124-35)91-5-3-42(70)86-67(91)103)131-141(115,116)122-19-40-53(98)54(99)64(129-40)96-26-83-51-57(73)77-22-80-60(51)96)36(125-45)15-119-139(111,112)135-33-11-48(95-25-84-52-61(95)87-65(74)88-63(52)101)128-39(33)18-121-140(113,114)134-31-9-46(93-23-81-49-55(71)75-20-78-58(49)93)126-37(31)16-117-136(105,106)130-28-6-43(123-34(28)13-97)90-4-2-41(69)85-66(90)102/h2-5,12,20-26,28-40,43-48,53-54,64,97-99H,6-11,13-19H2,1H3,(H,105,106)(H,107,108)(H,109,110)(H,111,112)(H,113,114)(H,115,116)(H2,69,85,102)(H2,70,86,103)(H2,71,75,78)(H2,72,76,79)(H2,73,77,80)(H,89,100,104)(H3,74,87,88,101)/t28-,29-,30-,31-,32-,33-,34+,35+,36+,37+,38+,39+,40+,43+,44+,45+,46+,47+,48+,53+,54+,64+/m0/s1. The maximum absolute atomic E-state index is 14.7. The fraction of sp³-hybridized carbons (Fsp3) is 0.529. The second-order valence-electron chi connectivity index (χ2n) is 32.5. The Balaban J connectivity index is 0.558. The van der Waals surface area contributed by atoms with Crippen molar-refractivity contribution in [1.29, 1.82) is 0 Å². The van der Waals surface area contributed by atoms with Crippen molar-refractivity contribution in [2.24, 2.45) is 0 Å². The van der Waals surface area contributed by atoms with Gasteiger partial charge >= 0.3 is 64.0 Å². The van der Waals surface area contributed by atoms with E-state index in [1.807, 2.05) is 0 Å². The molecule has 23 N–H and O–H groups in total. The van der Waals surface area contributed by atoms with Crippen LogP contribution >= 0.6 is 46.9 Å². The molecule has 18 heterocycles. The molecular formula is C68H86N28O39P6. The predicted octanol–water partition coefficient (Wildman–Crippen LogP) is -3.15. The summed E-state index contributed by atoms with van der Waals surface area (Å²) < 4.78 is 203. The fourth-order valence-electron chi connectivity index (χ4n) is 16.6. The maximum Gasteiger partial charge on any atom is 0.472 e. The van der Waals surface area contributed by atoms with Crippen molar-refractivity contribution in [2.45, 2.75) is 181 Å². The Hall–Kier alpha value is -10.5. The number of aliphatic hydroxyl groups is 3. The van der Waals surface area contributed by atoms with Gasteiger partial charge in [0.15, 0.2) is 51.8 Å². The number of aryl methyl sites for hydroxylation is 1. The molecule has 28 atom stereocenters. The lowest BCUT2D eigenvalue weighted by Gasteiger charge is -2.26. The predicted molar refractivity (Wildman–Crippen MR) is 462 cm³/mol. The molecule has 0 saturated carbocycles. The molecule has 0 amide bonds. The highest BCUT2D eigenvalue weighted by Crippen LogP contribution is 2.58. The average Bonchev–Trinajstić information content (AvgIpc) is 1.58. The summed E-state index contributed by atoms with van der Waals surface area (Å²) in [5.41, 5.74) is 30.6. The van der Waals surface area contributed by atoms with Crippen LogP contribution in [0.25, 0.3) is 44.7 Å². The van der Waals surface area contributed by atoms with Crippen molar-refractivity contribution in [3.05, 3.63) is 133 Å². The van der Waals surface area contributed by atoms with Crippen LogP contribution in [0.15, 0.2) is 99.0 Å². The molecule has 67 nitrogen and oxygen atoms in total. The van der Waals surface area contributed by atoms with E-state index in [1.54, 1.807) is 0 Å². The lowest BCUT2D eigenvalue weighted by molar-refractivity contribution is -0.0653. The van der Waals surface area contributed by atoms with Crippen molar-refractivity contribution in [2.75, 3.05) is 80.7 Å². The van der Waals surface area contributed by atoms with E-state index in [1.165, 1.54) is 57.9 Å². The van der Waals surface area contributed by atoms with Gasteiger partial charge < -0.3 is 112 Å². The summed E-state index contributed by atoms with van der Waals surface area (Å²) in [6.45, 7) is -5.97. The third-order valence-electron chi connectivity index (χ3n) is 23.2. The molecule has 7 aliphatic rings. The summed E-state index contributed by atoms with van der Waals surface area (Å²) >= 11 is 0. The lowest BCUT2D eigenvalue weighted by Crippen LogP contribution is -2.34. The van der Waals surface area contributed by atoms with Crippen LogP contribution in [0.1, 0.15) is 87.7 Å². The van der Waals surface area contributed by atoms with Crippen LogP contribution < -0.4 is 62.6 Å². The van der Waals surface area contributed by atoms with E-state index in [4.69, 9.17) is 122 Å². The minimum atomic E-state index is -5.72. The molecule has 7 aliphatic heterocycles. The summed E-state index contributed by atoms with van der Waals surface area (Å²) in [6.07, 6.45) is -26.8. The SMILES string of the molecule is Cc1cn([C@H]2C[C@H](OP(=O)(O)OC[C@H]3O[C@@H](n4cnc5c(N)ncnc54)C[C@@H]3OP(=O)(O)OC[C@H]3O[C@@H](n4ccc(N)nc4=O)C[C@@H]3OP(=O)(O)OC[C@H]3O[C@@H](n4cnc5c(N)ncnc54)[C@H](O)[C@@H]3O)[C@@H](COP(=O)(O)O[C@H]3C[C@H](n4cnc5c(=O)[nH]c(N)nc54)O[C@@H]3COP(=O)(O)O[C@H]3C[C@H](n4cnc5c(N)ncnc54)O[C@@H]3COP(=O)(O)O[C@H]3C[C@H](n4ccc(N)nc4=O)O[C@@H]3CO)O2)c(=O)[nH]c1=O. The number of fused-ring (bicyclic) bond motifs is 4. The molecule has 7 fully saturated rings. The maximum atomic E-state index is 14.7. The van der Waals surface area contributed by atoms with Crippen LogP contribution in [0.2, 0.25) is 0 Å². The number of ether oxygens (including phenoxy) is 7. The van der Waals surface area contributed by atoms with Crippen molar-refractivity contribution in [3.8, 4) is 0 Å². The summed E-state index contributed by atoms with van der Waals surface area (Å²) in [7, 11) is -33.4. The molecule has 11 aromatic heterocycles. The highest BCUT2D eigenvalue weighted by atomic mass is 31.2. The van der Waals surface area contributed by atoms with Crippen LogP contribution in [0.5, 0.6) is 0 Å². The Morgan fingerprint density at radius 1 is 0.369 bits per heavy atom. The first-order valence-corrected chi connectivity index (χ1v) is 50.9. The molecule has 11 aromatic rings. The number of nitrogens with two attached hydrogens (primary N) is 6. The van der Waals surface area contributed by atoms with Crippen LogP contribution in [0.4, 0.5) is 35.0 Å². The Kier molecular flexibility index (Phi) is 28.5. The third-order valence-corrected chi connectivity index (χ3v) is 29.3. The van der Waals surface area contributed by atoms with E-state index >= 15 is 0 Å². The quantitative estimate of drug-likeness (QED) is 0.0170. The number of rotatable bonds is 38. The number of nitrogen functional groups attached to an aromatic ring is 6. The molecule has 7 saturated heterocycles. The summed E-state index contributed by atoms with van der Waals surface area (Å²) in [5.74, 6) is -0.953. The van der Waals surface area contributed by atoms with Crippen LogP contribution in [0, 0.1) is 6.92 Å². The van der Waals surface area contributed by atoms with E-state index in [0.29, 0.717) is 0 Å². The molecule has 73 heteroatoms. The van der Waals surface area contributed by atoms with Gasteiger partial charge in [0.25, 0.3) is 11.1 Å². The van der Waals surface area contributed by atoms with Crippen LogP contribution in [-0.4, -0.2) is 289 Å². The number of phosphoric ester groups is 6. The number of nitrogens with one attached hydrogen (secondary N) is 2. The van der Waals surface area contributed by atoms with E-state index < -0.39 is 295 Å². The molecule has 0 aliphatic carbocycles. The Labute approximate surface area is 783 Å². The minimum absolute atomic E-state index is 0.0234. The number of hydrogen-bond donors (Lipinski definition) is 17. The van der Waals surface area contributed by atoms with Gasteiger partial charge in [0.2, 0.25) is 5.95 Å². The number of aliphatic hydroxyl groups excluding tert-OH is 3. The zero-order valence-electron chi connectivity index (χ0n) is 72.2. The summed E-state index contributed by atoms with van der Waals surface area (Å²) in [5, 5.41) is 32.3. The van der Waals surface area contributed by atoms with Crippen LogP contribution in [-0.2, 0) is 115 Å². The van der Waals surface area contributed by atoms with E-state index in [2.05, 4.69) is 74.8 Å². The van der Waals surface area contributed by atoms with Gasteiger partial charge in [0.1, 0.15) is 176 Å². The molecule has 141 heavy (non-hydrogen) atoms. The fourth-order valence-corrected chi connectivity index (χ4v) is 22.3.